The fourth-order valence-electron chi connectivity index (χ4n) is 9.68. The van der Waals surface area contributed by atoms with Crippen molar-refractivity contribution in [1.82, 2.24) is 0 Å². The summed E-state index contributed by atoms with van der Waals surface area (Å²) in [5.74, 6) is 5.31. The van der Waals surface area contributed by atoms with E-state index in [1.165, 1.54) is 57.8 Å². The summed E-state index contributed by atoms with van der Waals surface area (Å²) in [6.45, 7) is 12.6. The van der Waals surface area contributed by atoms with Crippen molar-refractivity contribution in [3.63, 3.8) is 0 Å². The van der Waals surface area contributed by atoms with E-state index in [0.29, 0.717) is 16.9 Å². The lowest BCUT2D eigenvalue weighted by Gasteiger charge is -2.59. The first-order valence-corrected chi connectivity index (χ1v) is 13.1. The summed E-state index contributed by atoms with van der Waals surface area (Å²) in [6.07, 6.45) is 14.8. The van der Waals surface area contributed by atoms with Gasteiger partial charge in [0.05, 0.1) is 12.2 Å². The molecule has 2 nitrogen and oxygen atoms in total. The molecule has 1 spiro atoms. The molecule has 0 aromatic carbocycles. The maximum absolute atomic E-state index is 10.4. The topological polar surface area (TPSA) is 32.8 Å². The van der Waals surface area contributed by atoms with E-state index in [4.69, 9.17) is 4.74 Å². The minimum absolute atomic E-state index is 0.0434. The number of hydrogen-bond acceptors (Lipinski definition) is 2. The third kappa shape index (κ3) is 2.94. The molecule has 2 heteroatoms. The smallest absolute Gasteiger partial charge is 0.103 e. The highest BCUT2D eigenvalue weighted by atomic mass is 16.6. The molecule has 10 atom stereocenters. The Morgan fingerprint density at radius 3 is 2.52 bits per heavy atom. The van der Waals surface area contributed by atoms with Crippen molar-refractivity contribution in [1.29, 1.82) is 0 Å². The fourth-order valence-corrected chi connectivity index (χ4v) is 9.68. The van der Waals surface area contributed by atoms with Crippen molar-refractivity contribution in [2.24, 2.45) is 46.3 Å². The van der Waals surface area contributed by atoms with E-state index >= 15 is 0 Å². The molecule has 4 aliphatic carbocycles. The molecule has 1 saturated heterocycles. The van der Waals surface area contributed by atoms with Crippen LogP contribution in [0.5, 0.6) is 0 Å². The quantitative estimate of drug-likeness (QED) is 0.525. The van der Waals surface area contributed by atoms with E-state index in [2.05, 4.69) is 34.6 Å². The van der Waals surface area contributed by atoms with E-state index in [-0.39, 0.29) is 11.7 Å². The van der Waals surface area contributed by atoms with Gasteiger partial charge >= 0.3 is 0 Å². The second kappa shape index (κ2) is 6.96. The molecule has 5 rings (SSSR count). The van der Waals surface area contributed by atoms with Crippen molar-refractivity contribution in [2.45, 2.75) is 123 Å². The largest absolute Gasteiger partial charge is 0.393 e. The summed E-state index contributed by atoms with van der Waals surface area (Å²) in [5.41, 5.74) is 0.932. The van der Waals surface area contributed by atoms with Gasteiger partial charge in [-0.05, 0) is 85.9 Å². The van der Waals surface area contributed by atoms with Crippen LogP contribution in [0.1, 0.15) is 105 Å². The number of aliphatic hydroxyl groups is 1. The SMILES string of the molecule is CC(C)CCC[C@@H](C)[C@H]1CC[C@H]2[C@@H]3C[C@@H]4O[C@@]45C[C@@H](O)CC[C@]5(C)C3CCC12C. The van der Waals surface area contributed by atoms with Crippen LogP contribution in [0.2, 0.25) is 0 Å². The number of epoxide rings is 1. The Bertz CT molecular complexity index is 630. The highest BCUT2D eigenvalue weighted by Crippen LogP contribution is 2.74. The van der Waals surface area contributed by atoms with Gasteiger partial charge in [-0.1, -0.05) is 53.9 Å². The molecule has 5 aliphatic rings. The summed E-state index contributed by atoms with van der Waals surface area (Å²) >= 11 is 0. The van der Waals surface area contributed by atoms with E-state index < -0.39 is 0 Å². The predicted octanol–water partition coefficient (Wildman–Crippen LogP) is 6.60. The Morgan fingerprint density at radius 1 is 0.966 bits per heavy atom. The minimum atomic E-state index is -0.124. The maximum Gasteiger partial charge on any atom is 0.103 e. The molecular formula is C27H46O2. The summed E-state index contributed by atoms with van der Waals surface area (Å²) in [6, 6.07) is 0. The lowest BCUT2D eigenvalue weighted by molar-refractivity contribution is -0.116. The van der Waals surface area contributed by atoms with Crippen LogP contribution >= 0.6 is 0 Å². The lowest BCUT2D eigenvalue weighted by atomic mass is 9.44. The molecule has 1 N–H and O–H groups in total. The van der Waals surface area contributed by atoms with E-state index in [9.17, 15) is 5.11 Å². The molecule has 166 valence electrons. The molecule has 0 amide bonds. The van der Waals surface area contributed by atoms with Crippen LogP contribution < -0.4 is 0 Å². The van der Waals surface area contributed by atoms with Gasteiger partial charge in [0, 0.05) is 11.8 Å². The van der Waals surface area contributed by atoms with Crippen molar-refractivity contribution in [3.8, 4) is 0 Å². The Hall–Kier alpha value is -0.0800. The van der Waals surface area contributed by atoms with Gasteiger partial charge in [-0.2, -0.15) is 0 Å². The van der Waals surface area contributed by atoms with Gasteiger partial charge in [-0.3, -0.25) is 0 Å². The number of hydrogen-bond donors (Lipinski definition) is 1. The van der Waals surface area contributed by atoms with Crippen LogP contribution in [-0.2, 0) is 4.74 Å². The molecule has 5 fully saturated rings. The Kier molecular flexibility index (Phi) is 4.99. The minimum Gasteiger partial charge on any atom is -0.393 e. The van der Waals surface area contributed by atoms with Gasteiger partial charge in [0.1, 0.15) is 5.60 Å². The molecule has 0 bridgehead atoms. The molecule has 1 heterocycles. The molecule has 0 aromatic rings. The summed E-state index contributed by atoms with van der Waals surface area (Å²) in [7, 11) is 0. The highest BCUT2D eigenvalue weighted by molar-refractivity contribution is 5.24. The summed E-state index contributed by atoms with van der Waals surface area (Å²) < 4.78 is 6.51. The van der Waals surface area contributed by atoms with Crippen LogP contribution in [-0.4, -0.2) is 22.9 Å². The van der Waals surface area contributed by atoms with Crippen molar-refractivity contribution < 1.29 is 9.84 Å². The molecule has 1 aliphatic heterocycles. The Morgan fingerprint density at radius 2 is 1.76 bits per heavy atom. The van der Waals surface area contributed by atoms with Gasteiger partial charge in [-0.15, -0.1) is 0 Å². The van der Waals surface area contributed by atoms with Crippen LogP contribution in [0.4, 0.5) is 0 Å². The van der Waals surface area contributed by atoms with Crippen molar-refractivity contribution >= 4 is 0 Å². The van der Waals surface area contributed by atoms with E-state index in [1.54, 1.807) is 0 Å². The molecule has 0 aromatic heterocycles. The molecule has 29 heavy (non-hydrogen) atoms. The molecule has 0 radical (unpaired) electrons. The van der Waals surface area contributed by atoms with Crippen LogP contribution in [0.3, 0.4) is 0 Å². The van der Waals surface area contributed by atoms with Crippen LogP contribution in [0, 0.1) is 46.3 Å². The van der Waals surface area contributed by atoms with Gasteiger partial charge in [0.25, 0.3) is 0 Å². The molecule has 4 saturated carbocycles. The average molecular weight is 403 g/mol. The first-order chi connectivity index (χ1) is 13.7. The fraction of sp³-hybridized carbons (Fsp3) is 1.00. The van der Waals surface area contributed by atoms with Gasteiger partial charge in [-0.25, -0.2) is 0 Å². The third-order valence-corrected chi connectivity index (χ3v) is 11.3. The third-order valence-electron chi connectivity index (χ3n) is 11.3. The average Bonchev–Trinajstić information content (AvgIpc) is 3.22. The number of ether oxygens (including phenoxy) is 1. The number of aliphatic hydroxyl groups excluding tert-OH is 1. The zero-order valence-electron chi connectivity index (χ0n) is 19.8. The normalized spacial score (nSPS) is 54.3. The standard InChI is InChI=1S/C27H46O2/c1-17(2)7-6-8-18(3)21-9-10-22-20-15-24-27(29-24)16-19(28)11-14-26(27,5)23(20)12-13-25(21,22)4/h17-24,28H,6-16H2,1-5H3/t18-,19+,20+,21-,22+,23?,24+,25?,26-,27+/m1/s1. The van der Waals surface area contributed by atoms with Crippen molar-refractivity contribution in [2.75, 3.05) is 0 Å². The summed E-state index contributed by atoms with van der Waals surface area (Å²) in [4.78, 5) is 0. The Labute approximate surface area is 179 Å². The highest BCUT2D eigenvalue weighted by Gasteiger charge is 2.76. The van der Waals surface area contributed by atoms with Gasteiger partial charge in [0.15, 0.2) is 0 Å². The maximum atomic E-state index is 10.4. The Balaban J connectivity index is 1.33. The van der Waals surface area contributed by atoms with Crippen LogP contribution in [0.25, 0.3) is 0 Å². The zero-order valence-corrected chi connectivity index (χ0v) is 19.8. The van der Waals surface area contributed by atoms with Crippen molar-refractivity contribution in [3.05, 3.63) is 0 Å². The van der Waals surface area contributed by atoms with Gasteiger partial charge < -0.3 is 9.84 Å². The number of fused-ring (bicyclic) bond motifs is 4. The lowest BCUT2D eigenvalue weighted by Crippen LogP contribution is -2.58. The predicted molar refractivity (Wildman–Crippen MR) is 119 cm³/mol. The van der Waals surface area contributed by atoms with Gasteiger partial charge in [0.2, 0.25) is 0 Å². The molecule has 2 unspecified atom stereocenters. The second-order valence-electron chi connectivity index (χ2n) is 13.0. The van der Waals surface area contributed by atoms with E-state index in [0.717, 1.165) is 48.3 Å². The number of rotatable bonds is 5. The second-order valence-corrected chi connectivity index (χ2v) is 13.0. The first-order valence-electron chi connectivity index (χ1n) is 13.1. The zero-order chi connectivity index (χ0) is 20.6. The summed E-state index contributed by atoms with van der Waals surface area (Å²) in [5, 5.41) is 10.4. The van der Waals surface area contributed by atoms with E-state index in [1.807, 2.05) is 0 Å². The first kappa shape index (κ1) is 20.8. The van der Waals surface area contributed by atoms with Crippen LogP contribution in [0.15, 0.2) is 0 Å². The molecular weight excluding hydrogens is 356 g/mol. The monoisotopic (exact) mass is 402 g/mol.